The van der Waals surface area contributed by atoms with Crippen molar-refractivity contribution in [3.8, 4) is 5.75 Å². The number of benzene rings is 1. The second kappa shape index (κ2) is 7.43. The van der Waals surface area contributed by atoms with Gasteiger partial charge in [0, 0.05) is 6.54 Å². The number of hydrogen-bond donors (Lipinski definition) is 1. The molecule has 1 atom stereocenters. The van der Waals surface area contributed by atoms with Crippen molar-refractivity contribution in [2.75, 3.05) is 33.0 Å². The Morgan fingerprint density at radius 2 is 2.24 bits per heavy atom. The topological polar surface area (TPSA) is 59.0 Å². The molecule has 1 amide bonds. The normalized spacial score (nSPS) is 18.9. The van der Waals surface area contributed by atoms with E-state index in [2.05, 4.69) is 13.8 Å². The van der Waals surface area contributed by atoms with Crippen LogP contribution in [0.1, 0.15) is 25.3 Å². The number of hydrogen-bond acceptors (Lipinski definition) is 4. The lowest BCUT2D eigenvalue weighted by molar-refractivity contribution is -0.143. The van der Waals surface area contributed by atoms with E-state index < -0.39 is 0 Å². The lowest BCUT2D eigenvalue weighted by Gasteiger charge is -2.34. The Balaban J connectivity index is 1.97. The smallest absolute Gasteiger partial charge is 0.260 e. The van der Waals surface area contributed by atoms with Crippen molar-refractivity contribution >= 4 is 5.91 Å². The maximum absolute atomic E-state index is 12.3. The fraction of sp³-hybridized carbons (Fsp3) is 0.562. The number of rotatable bonds is 5. The van der Waals surface area contributed by atoms with Gasteiger partial charge in [0.1, 0.15) is 5.75 Å². The highest BCUT2D eigenvalue weighted by Crippen LogP contribution is 2.25. The van der Waals surface area contributed by atoms with Crippen LogP contribution >= 0.6 is 0 Å². The highest BCUT2D eigenvalue weighted by atomic mass is 16.5. The minimum atomic E-state index is -0.268. The number of amides is 1. The first-order valence-electron chi connectivity index (χ1n) is 7.33. The molecular weight excluding hydrogens is 270 g/mol. The number of nitrogens with zero attached hydrogens (tertiary/aromatic N) is 1. The predicted octanol–water partition coefficient (Wildman–Crippen LogP) is 1.41. The SMILES string of the molecule is CC(C)c1ccccc1OCC(=O)N1CCOCC1CO. The summed E-state index contributed by atoms with van der Waals surface area (Å²) in [6, 6.07) is 7.49. The van der Waals surface area contributed by atoms with Crippen molar-refractivity contribution in [1.29, 1.82) is 0 Å². The van der Waals surface area contributed by atoms with Crippen LogP contribution in [0, 0.1) is 0 Å². The zero-order valence-corrected chi connectivity index (χ0v) is 12.6. The number of morpholine rings is 1. The number of aliphatic hydroxyl groups is 1. The van der Waals surface area contributed by atoms with Crippen LogP contribution in [0.3, 0.4) is 0 Å². The van der Waals surface area contributed by atoms with Crippen LogP contribution in [0.15, 0.2) is 24.3 Å². The van der Waals surface area contributed by atoms with Crippen LogP contribution in [0.5, 0.6) is 5.75 Å². The number of ether oxygens (including phenoxy) is 2. The molecule has 0 spiro atoms. The van der Waals surface area contributed by atoms with Crippen molar-refractivity contribution in [1.82, 2.24) is 4.90 Å². The number of carbonyl (C=O) groups is 1. The molecule has 1 aliphatic heterocycles. The first-order valence-corrected chi connectivity index (χ1v) is 7.33. The molecule has 1 aromatic carbocycles. The molecule has 1 unspecified atom stereocenters. The third-order valence-corrected chi connectivity index (χ3v) is 3.65. The molecule has 116 valence electrons. The molecule has 1 heterocycles. The van der Waals surface area contributed by atoms with Crippen LogP contribution < -0.4 is 4.74 Å². The van der Waals surface area contributed by atoms with E-state index in [4.69, 9.17) is 9.47 Å². The van der Waals surface area contributed by atoms with Crippen molar-refractivity contribution < 1.29 is 19.4 Å². The van der Waals surface area contributed by atoms with Gasteiger partial charge in [0.15, 0.2) is 6.61 Å². The van der Waals surface area contributed by atoms with E-state index in [9.17, 15) is 9.90 Å². The van der Waals surface area contributed by atoms with E-state index in [-0.39, 0.29) is 25.2 Å². The van der Waals surface area contributed by atoms with Gasteiger partial charge < -0.3 is 19.5 Å². The van der Waals surface area contributed by atoms with E-state index in [1.54, 1.807) is 4.90 Å². The van der Waals surface area contributed by atoms with Crippen LogP contribution in [0.4, 0.5) is 0 Å². The summed E-state index contributed by atoms with van der Waals surface area (Å²) in [7, 11) is 0. The number of para-hydroxylation sites is 1. The number of aliphatic hydroxyl groups excluding tert-OH is 1. The zero-order chi connectivity index (χ0) is 15.2. The first kappa shape index (κ1) is 15.8. The van der Waals surface area contributed by atoms with E-state index in [1.807, 2.05) is 24.3 Å². The average molecular weight is 293 g/mol. The zero-order valence-electron chi connectivity index (χ0n) is 12.6. The summed E-state index contributed by atoms with van der Waals surface area (Å²) >= 11 is 0. The summed E-state index contributed by atoms with van der Waals surface area (Å²) in [6.45, 7) is 5.46. The Labute approximate surface area is 125 Å². The van der Waals surface area contributed by atoms with Gasteiger partial charge in [0.2, 0.25) is 0 Å². The van der Waals surface area contributed by atoms with Crippen LogP contribution in [0.2, 0.25) is 0 Å². The summed E-state index contributed by atoms with van der Waals surface area (Å²) in [4.78, 5) is 13.9. The first-order chi connectivity index (χ1) is 10.1. The van der Waals surface area contributed by atoms with Crippen molar-refractivity contribution in [3.05, 3.63) is 29.8 Å². The highest BCUT2D eigenvalue weighted by molar-refractivity contribution is 5.78. The largest absolute Gasteiger partial charge is 0.483 e. The Morgan fingerprint density at radius 1 is 1.48 bits per heavy atom. The van der Waals surface area contributed by atoms with E-state index in [1.165, 1.54) is 0 Å². The van der Waals surface area contributed by atoms with Gasteiger partial charge in [-0.25, -0.2) is 0 Å². The molecule has 5 nitrogen and oxygen atoms in total. The van der Waals surface area contributed by atoms with Gasteiger partial charge in [0.25, 0.3) is 5.91 Å². The third kappa shape index (κ3) is 3.95. The Kier molecular flexibility index (Phi) is 5.59. The molecule has 5 heteroatoms. The lowest BCUT2D eigenvalue weighted by Crippen LogP contribution is -2.51. The van der Waals surface area contributed by atoms with E-state index >= 15 is 0 Å². The summed E-state index contributed by atoms with van der Waals surface area (Å²) in [6.07, 6.45) is 0. The Hall–Kier alpha value is -1.59. The van der Waals surface area contributed by atoms with Gasteiger partial charge >= 0.3 is 0 Å². The lowest BCUT2D eigenvalue weighted by atomic mass is 10.0. The molecule has 1 aliphatic rings. The molecule has 0 radical (unpaired) electrons. The monoisotopic (exact) mass is 293 g/mol. The van der Waals surface area contributed by atoms with Gasteiger partial charge in [0.05, 0.1) is 25.9 Å². The molecule has 1 N–H and O–H groups in total. The summed E-state index contributed by atoms with van der Waals surface area (Å²) in [5, 5.41) is 9.30. The quantitative estimate of drug-likeness (QED) is 0.892. The van der Waals surface area contributed by atoms with Gasteiger partial charge in [-0.15, -0.1) is 0 Å². The van der Waals surface area contributed by atoms with Crippen molar-refractivity contribution in [2.45, 2.75) is 25.8 Å². The molecule has 2 rings (SSSR count). The van der Waals surface area contributed by atoms with E-state index in [0.717, 1.165) is 11.3 Å². The summed E-state index contributed by atoms with van der Waals surface area (Å²) in [5.41, 5.74) is 1.09. The standard InChI is InChI=1S/C16H23NO4/c1-12(2)14-5-3-4-6-15(14)21-11-16(19)17-7-8-20-10-13(17)9-18/h3-6,12-13,18H,7-11H2,1-2H3. The predicted molar refractivity (Wildman–Crippen MR) is 79.4 cm³/mol. The van der Waals surface area contributed by atoms with Crippen molar-refractivity contribution in [2.24, 2.45) is 0 Å². The molecule has 0 aromatic heterocycles. The molecule has 0 saturated carbocycles. The van der Waals surface area contributed by atoms with Crippen molar-refractivity contribution in [3.63, 3.8) is 0 Å². The van der Waals surface area contributed by atoms with Gasteiger partial charge in [-0.05, 0) is 17.5 Å². The van der Waals surface area contributed by atoms with Gasteiger partial charge in [-0.2, -0.15) is 0 Å². The van der Waals surface area contributed by atoms with Crippen LogP contribution in [-0.4, -0.2) is 54.9 Å². The molecule has 1 saturated heterocycles. The third-order valence-electron chi connectivity index (χ3n) is 3.65. The number of carbonyl (C=O) groups excluding carboxylic acids is 1. The Bertz CT molecular complexity index is 475. The summed E-state index contributed by atoms with van der Waals surface area (Å²) in [5.74, 6) is 0.968. The second-order valence-electron chi connectivity index (χ2n) is 5.48. The maximum atomic E-state index is 12.3. The van der Waals surface area contributed by atoms with Gasteiger partial charge in [-0.1, -0.05) is 32.0 Å². The highest BCUT2D eigenvalue weighted by Gasteiger charge is 2.27. The van der Waals surface area contributed by atoms with Crippen LogP contribution in [-0.2, 0) is 9.53 Å². The fourth-order valence-corrected chi connectivity index (χ4v) is 2.45. The average Bonchev–Trinajstić information content (AvgIpc) is 2.52. The molecular formula is C16H23NO4. The molecule has 0 bridgehead atoms. The minimum absolute atomic E-state index is 0.0137. The van der Waals surface area contributed by atoms with Gasteiger partial charge in [-0.3, -0.25) is 4.79 Å². The molecule has 0 aliphatic carbocycles. The minimum Gasteiger partial charge on any atom is -0.483 e. The maximum Gasteiger partial charge on any atom is 0.260 e. The second-order valence-corrected chi connectivity index (χ2v) is 5.48. The van der Waals surface area contributed by atoms with E-state index in [0.29, 0.717) is 25.7 Å². The molecule has 1 fully saturated rings. The summed E-state index contributed by atoms with van der Waals surface area (Å²) < 4.78 is 11.0. The Morgan fingerprint density at radius 3 is 2.95 bits per heavy atom. The molecule has 1 aromatic rings. The van der Waals surface area contributed by atoms with Crippen LogP contribution in [0.25, 0.3) is 0 Å². The fourth-order valence-electron chi connectivity index (χ4n) is 2.45. The molecule has 21 heavy (non-hydrogen) atoms.